The minimum Gasteiger partial charge on any atom is -0.350 e. The molecule has 6 heteroatoms. The van der Waals surface area contributed by atoms with Gasteiger partial charge < -0.3 is 10.6 Å². The highest BCUT2D eigenvalue weighted by molar-refractivity contribution is 9.10. The van der Waals surface area contributed by atoms with E-state index in [0.29, 0.717) is 12.5 Å². The summed E-state index contributed by atoms with van der Waals surface area (Å²) in [5.41, 5.74) is 3.01. The van der Waals surface area contributed by atoms with Crippen molar-refractivity contribution in [3.8, 4) is 0 Å². The highest BCUT2D eigenvalue weighted by Crippen LogP contribution is 2.19. The third-order valence-corrected chi connectivity index (χ3v) is 3.70. The maximum atomic E-state index is 4.51. The summed E-state index contributed by atoms with van der Waals surface area (Å²) in [6, 6.07) is 13.8. The molecule has 0 saturated heterocycles. The van der Waals surface area contributed by atoms with Gasteiger partial charge in [0.15, 0.2) is 0 Å². The van der Waals surface area contributed by atoms with Crippen LogP contribution >= 0.6 is 15.9 Å². The van der Waals surface area contributed by atoms with Gasteiger partial charge in [-0.25, -0.2) is 4.98 Å². The fraction of sp³-hybridized carbons (Fsp3) is 0.118. The largest absolute Gasteiger partial charge is 0.350 e. The van der Waals surface area contributed by atoms with Crippen LogP contribution in [0.15, 0.2) is 59.3 Å². The highest BCUT2D eigenvalue weighted by Gasteiger charge is 2.03. The van der Waals surface area contributed by atoms with Gasteiger partial charge in [-0.3, -0.25) is 4.98 Å². The zero-order valence-electron chi connectivity index (χ0n) is 12.6. The van der Waals surface area contributed by atoms with Gasteiger partial charge in [0.2, 0.25) is 5.95 Å². The minimum atomic E-state index is 0.599. The Morgan fingerprint density at radius 3 is 2.48 bits per heavy atom. The summed E-state index contributed by atoms with van der Waals surface area (Å²) in [5.74, 6) is 1.36. The molecule has 0 bridgehead atoms. The van der Waals surface area contributed by atoms with E-state index in [4.69, 9.17) is 0 Å². The Bertz CT molecular complexity index is 775. The van der Waals surface area contributed by atoms with Crippen molar-refractivity contribution in [2.45, 2.75) is 13.5 Å². The van der Waals surface area contributed by atoms with Crippen LogP contribution in [0.2, 0.25) is 0 Å². The summed E-state index contributed by atoms with van der Waals surface area (Å²) < 4.78 is 1.04. The number of nitrogens with zero attached hydrogens (tertiary/aromatic N) is 3. The Morgan fingerprint density at radius 2 is 1.74 bits per heavy atom. The zero-order valence-corrected chi connectivity index (χ0v) is 14.2. The van der Waals surface area contributed by atoms with Crippen molar-refractivity contribution in [2.24, 2.45) is 0 Å². The normalized spacial score (nSPS) is 10.3. The maximum Gasteiger partial charge on any atom is 0.225 e. The van der Waals surface area contributed by atoms with Gasteiger partial charge in [-0.2, -0.15) is 4.98 Å². The summed E-state index contributed by atoms with van der Waals surface area (Å²) in [6.45, 7) is 2.61. The predicted octanol–water partition coefficient (Wildman–Crippen LogP) is 4.30. The Morgan fingerprint density at radius 1 is 1.00 bits per heavy atom. The van der Waals surface area contributed by atoms with E-state index in [9.17, 15) is 0 Å². The van der Waals surface area contributed by atoms with E-state index in [1.165, 1.54) is 0 Å². The van der Waals surface area contributed by atoms with Crippen molar-refractivity contribution in [3.05, 3.63) is 70.6 Å². The van der Waals surface area contributed by atoms with Gasteiger partial charge >= 0.3 is 0 Å². The van der Waals surface area contributed by atoms with Crippen LogP contribution in [0.1, 0.15) is 11.3 Å². The lowest BCUT2D eigenvalue weighted by Gasteiger charge is -2.10. The monoisotopic (exact) mass is 369 g/mol. The molecule has 3 aromatic rings. The quantitative estimate of drug-likeness (QED) is 0.701. The molecule has 2 aromatic heterocycles. The van der Waals surface area contributed by atoms with Crippen LogP contribution in [-0.4, -0.2) is 15.0 Å². The fourth-order valence-corrected chi connectivity index (χ4v) is 2.34. The standard InChI is InChI=1S/C17H16BrN5/c1-12-10-16(22-15-4-2-14(18)3-5-15)23-17(21-12)20-11-13-6-8-19-9-7-13/h2-10H,11H2,1H3,(H2,20,21,22,23). The fourth-order valence-electron chi connectivity index (χ4n) is 2.07. The SMILES string of the molecule is Cc1cc(Nc2ccc(Br)cc2)nc(NCc2ccncc2)n1. The van der Waals surface area contributed by atoms with Crippen LogP contribution in [0.25, 0.3) is 0 Å². The topological polar surface area (TPSA) is 62.7 Å². The number of hydrogen-bond acceptors (Lipinski definition) is 5. The van der Waals surface area contributed by atoms with Crippen LogP contribution in [-0.2, 0) is 6.54 Å². The Labute approximate surface area is 143 Å². The van der Waals surface area contributed by atoms with Crippen molar-refractivity contribution >= 4 is 33.4 Å². The van der Waals surface area contributed by atoms with E-state index in [0.717, 1.165) is 27.2 Å². The van der Waals surface area contributed by atoms with Gasteiger partial charge in [0.25, 0.3) is 0 Å². The van der Waals surface area contributed by atoms with E-state index in [1.54, 1.807) is 12.4 Å². The smallest absolute Gasteiger partial charge is 0.225 e. The second kappa shape index (κ2) is 7.19. The molecule has 0 saturated carbocycles. The number of anilines is 3. The number of rotatable bonds is 5. The molecule has 0 aliphatic rings. The molecule has 0 amide bonds. The molecule has 1 aromatic carbocycles. The first-order valence-corrected chi connectivity index (χ1v) is 7.99. The molecule has 0 radical (unpaired) electrons. The number of nitrogens with one attached hydrogen (secondary N) is 2. The second-order valence-corrected chi connectivity index (χ2v) is 5.97. The lowest BCUT2D eigenvalue weighted by atomic mass is 10.3. The summed E-state index contributed by atoms with van der Waals surface area (Å²) >= 11 is 3.43. The minimum absolute atomic E-state index is 0.599. The molecule has 0 aliphatic carbocycles. The van der Waals surface area contributed by atoms with Gasteiger partial charge in [0.1, 0.15) is 5.82 Å². The molecular formula is C17H16BrN5. The Hall–Kier alpha value is -2.47. The van der Waals surface area contributed by atoms with Crippen molar-refractivity contribution in [1.82, 2.24) is 15.0 Å². The van der Waals surface area contributed by atoms with Crippen LogP contribution in [0.4, 0.5) is 17.5 Å². The molecule has 0 fully saturated rings. The molecule has 2 heterocycles. The van der Waals surface area contributed by atoms with Crippen LogP contribution < -0.4 is 10.6 Å². The number of aromatic nitrogens is 3. The van der Waals surface area contributed by atoms with E-state index < -0.39 is 0 Å². The van der Waals surface area contributed by atoms with Crippen LogP contribution in [0, 0.1) is 6.92 Å². The highest BCUT2D eigenvalue weighted by atomic mass is 79.9. The van der Waals surface area contributed by atoms with Gasteiger partial charge in [-0.15, -0.1) is 0 Å². The molecule has 0 aliphatic heterocycles. The molecule has 23 heavy (non-hydrogen) atoms. The first kappa shape index (κ1) is 15.4. The lowest BCUT2D eigenvalue weighted by molar-refractivity contribution is 1.03. The van der Waals surface area contributed by atoms with E-state index in [1.807, 2.05) is 49.4 Å². The molecule has 0 atom stereocenters. The summed E-state index contributed by atoms with van der Waals surface area (Å²) in [4.78, 5) is 12.9. The molecular weight excluding hydrogens is 354 g/mol. The zero-order chi connectivity index (χ0) is 16.1. The first-order chi connectivity index (χ1) is 11.2. The predicted molar refractivity (Wildman–Crippen MR) is 95.8 cm³/mol. The molecule has 5 nitrogen and oxygen atoms in total. The first-order valence-electron chi connectivity index (χ1n) is 7.20. The number of hydrogen-bond donors (Lipinski definition) is 2. The average Bonchev–Trinajstić information content (AvgIpc) is 2.56. The number of benzene rings is 1. The van der Waals surface area contributed by atoms with Crippen molar-refractivity contribution < 1.29 is 0 Å². The van der Waals surface area contributed by atoms with Gasteiger partial charge in [0.05, 0.1) is 0 Å². The van der Waals surface area contributed by atoms with Crippen LogP contribution in [0.5, 0.6) is 0 Å². The molecule has 116 valence electrons. The van der Waals surface area contributed by atoms with Crippen LogP contribution in [0.3, 0.4) is 0 Å². The third-order valence-electron chi connectivity index (χ3n) is 3.17. The van der Waals surface area contributed by atoms with Crippen molar-refractivity contribution in [3.63, 3.8) is 0 Å². The maximum absolute atomic E-state index is 4.51. The lowest BCUT2D eigenvalue weighted by Crippen LogP contribution is -2.06. The van der Waals surface area contributed by atoms with Gasteiger partial charge in [0, 0.05) is 40.9 Å². The summed E-state index contributed by atoms with van der Waals surface area (Å²) in [7, 11) is 0. The Kier molecular flexibility index (Phi) is 4.83. The van der Waals surface area contributed by atoms with E-state index >= 15 is 0 Å². The van der Waals surface area contributed by atoms with Crippen molar-refractivity contribution in [2.75, 3.05) is 10.6 Å². The third kappa shape index (κ3) is 4.50. The van der Waals surface area contributed by atoms with E-state index in [2.05, 4.69) is 41.5 Å². The Balaban J connectivity index is 1.72. The van der Waals surface area contributed by atoms with Gasteiger partial charge in [-0.05, 0) is 48.9 Å². The molecule has 0 spiro atoms. The number of pyridine rings is 1. The molecule has 3 rings (SSSR count). The molecule has 2 N–H and O–H groups in total. The number of aryl methyl sites for hydroxylation is 1. The second-order valence-electron chi connectivity index (χ2n) is 5.06. The van der Waals surface area contributed by atoms with Crippen molar-refractivity contribution in [1.29, 1.82) is 0 Å². The molecule has 0 unspecified atom stereocenters. The average molecular weight is 370 g/mol. The van der Waals surface area contributed by atoms with E-state index in [-0.39, 0.29) is 0 Å². The van der Waals surface area contributed by atoms with Gasteiger partial charge in [-0.1, -0.05) is 15.9 Å². The summed E-state index contributed by atoms with van der Waals surface area (Å²) in [5, 5.41) is 6.53. The summed E-state index contributed by atoms with van der Waals surface area (Å²) in [6.07, 6.45) is 3.54. The number of halogens is 1.